The normalized spacial score (nSPS) is 10.3. The molecule has 23 heavy (non-hydrogen) atoms. The van der Waals surface area contributed by atoms with Crippen molar-refractivity contribution in [2.24, 2.45) is 0 Å². The molecule has 116 valence electrons. The van der Waals surface area contributed by atoms with Crippen molar-refractivity contribution in [3.63, 3.8) is 0 Å². The molecule has 0 unspecified atom stereocenters. The molecule has 3 rings (SSSR count). The fourth-order valence-electron chi connectivity index (χ4n) is 1.95. The van der Waals surface area contributed by atoms with Crippen molar-refractivity contribution in [2.45, 2.75) is 6.54 Å². The Morgan fingerprint density at radius 3 is 2.96 bits per heavy atom. The van der Waals surface area contributed by atoms with Crippen molar-refractivity contribution in [3.8, 4) is 17.2 Å². The van der Waals surface area contributed by atoms with Crippen molar-refractivity contribution >= 4 is 5.91 Å². The number of hydrogen-bond donors (Lipinski definition) is 1. The molecule has 0 radical (unpaired) electrons. The van der Waals surface area contributed by atoms with Gasteiger partial charge in [-0.1, -0.05) is 6.07 Å². The van der Waals surface area contributed by atoms with Gasteiger partial charge in [0.1, 0.15) is 5.75 Å². The monoisotopic (exact) mass is 310 g/mol. The Bertz CT molecular complexity index is 802. The Morgan fingerprint density at radius 1 is 1.26 bits per heavy atom. The van der Waals surface area contributed by atoms with Gasteiger partial charge in [-0.25, -0.2) is 0 Å². The minimum absolute atomic E-state index is 0.144. The van der Waals surface area contributed by atoms with Crippen LogP contribution in [-0.2, 0) is 6.54 Å². The van der Waals surface area contributed by atoms with Gasteiger partial charge in [0, 0.05) is 18.0 Å². The number of carbonyl (C=O) groups is 1. The van der Waals surface area contributed by atoms with Crippen molar-refractivity contribution in [2.75, 3.05) is 7.11 Å². The van der Waals surface area contributed by atoms with Gasteiger partial charge in [-0.3, -0.25) is 9.78 Å². The molecule has 2 aromatic heterocycles. The second-order valence-corrected chi connectivity index (χ2v) is 4.66. The molecule has 0 bridgehead atoms. The molecule has 3 aromatic rings. The fourth-order valence-corrected chi connectivity index (χ4v) is 1.95. The Morgan fingerprint density at radius 2 is 2.17 bits per heavy atom. The van der Waals surface area contributed by atoms with Crippen LogP contribution in [0.1, 0.15) is 16.2 Å². The highest BCUT2D eigenvalue weighted by atomic mass is 16.5. The average molecular weight is 310 g/mol. The Labute approximate surface area is 132 Å². The summed E-state index contributed by atoms with van der Waals surface area (Å²) in [6.45, 7) is 0.144. The van der Waals surface area contributed by atoms with Crippen LogP contribution in [0, 0.1) is 0 Å². The number of aromatic nitrogens is 3. The average Bonchev–Trinajstić information content (AvgIpc) is 3.09. The quantitative estimate of drug-likeness (QED) is 0.776. The summed E-state index contributed by atoms with van der Waals surface area (Å²) in [5, 5.41) is 10.6. The zero-order valence-corrected chi connectivity index (χ0v) is 12.4. The molecule has 0 atom stereocenters. The smallest absolute Gasteiger partial charge is 0.253 e. The lowest BCUT2D eigenvalue weighted by Gasteiger charge is -2.01. The van der Waals surface area contributed by atoms with Gasteiger partial charge in [-0.05, 0) is 30.3 Å². The SMILES string of the molecule is COc1cccc(-c2nnc(CNC(=O)c3cccnc3)o2)c1. The lowest BCUT2D eigenvalue weighted by atomic mass is 10.2. The summed E-state index contributed by atoms with van der Waals surface area (Å²) in [5.41, 5.74) is 1.22. The van der Waals surface area contributed by atoms with E-state index in [9.17, 15) is 4.79 Å². The van der Waals surface area contributed by atoms with Gasteiger partial charge in [-0.2, -0.15) is 0 Å². The third kappa shape index (κ3) is 3.52. The standard InChI is InChI=1S/C16H14N4O3/c1-22-13-6-2-4-11(8-13)16-20-19-14(23-16)10-18-15(21)12-5-3-7-17-9-12/h2-9H,10H2,1H3,(H,18,21). The number of nitrogens with one attached hydrogen (secondary N) is 1. The first kappa shape index (κ1) is 14.7. The summed E-state index contributed by atoms with van der Waals surface area (Å²) in [4.78, 5) is 15.8. The topological polar surface area (TPSA) is 90.1 Å². The van der Waals surface area contributed by atoms with E-state index in [1.54, 1.807) is 31.5 Å². The number of carbonyl (C=O) groups excluding carboxylic acids is 1. The first-order valence-electron chi connectivity index (χ1n) is 6.91. The molecule has 1 N–H and O–H groups in total. The Hall–Kier alpha value is -3.22. The predicted molar refractivity (Wildman–Crippen MR) is 81.7 cm³/mol. The number of amides is 1. The molecule has 7 heteroatoms. The molecule has 0 aliphatic carbocycles. The lowest BCUT2D eigenvalue weighted by Crippen LogP contribution is -2.23. The number of benzene rings is 1. The van der Waals surface area contributed by atoms with Crippen LogP contribution in [0.2, 0.25) is 0 Å². The van der Waals surface area contributed by atoms with Gasteiger partial charge in [0.25, 0.3) is 5.91 Å². The third-order valence-corrected chi connectivity index (χ3v) is 3.11. The highest BCUT2D eigenvalue weighted by molar-refractivity contribution is 5.93. The van der Waals surface area contributed by atoms with E-state index in [0.29, 0.717) is 23.1 Å². The highest BCUT2D eigenvalue weighted by Gasteiger charge is 2.11. The van der Waals surface area contributed by atoms with Crippen LogP contribution in [0.25, 0.3) is 11.5 Å². The number of nitrogens with zero attached hydrogens (tertiary/aromatic N) is 3. The number of pyridine rings is 1. The minimum Gasteiger partial charge on any atom is -0.497 e. The summed E-state index contributed by atoms with van der Waals surface area (Å²) in [6.07, 6.45) is 3.10. The van der Waals surface area contributed by atoms with Crippen LogP contribution in [0.3, 0.4) is 0 Å². The molecule has 1 aromatic carbocycles. The summed E-state index contributed by atoms with van der Waals surface area (Å²) < 4.78 is 10.7. The van der Waals surface area contributed by atoms with Gasteiger partial charge >= 0.3 is 0 Å². The number of hydrogen-bond acceptors (Lipinski definition) is 6. The van der Waals surface area contributed by atoms with E-state index in [0.717, 1.165) is 5.56 Å². The van der Waals surface area contributed by atoms with Crippen LogP contribution in [0.4, 0.5) is 0 Å². The minimum atomic E-state index is -0.251. The maximum Gasteiger partial charge on any atom is 0.253 e. The summed E-state index contributed by atoms with van der Waals surface area (Å²) in [5.74, 6) is 1.14. The van der Waals surface area contributed by atoms with E-state index < -0.39 is 0 Å². The van der Waals surface area contributed by atoms with E-state index in [2.05, 4.69) is 20.5 Å². The van der Waals surface area contributed by atoms with Gasteiger partial charge < -0.3 is 14.5 Å². The molecule has 0 saturated carbocycles. The molecule has 0 saturated heterocycles. The summed E-state index contributed by atoms with van der Waals surface area (Å²) in [7, 11) is 1.59. The number of rotatable bonds is 5. The molecule has 1 amide bonds. The predicted octanol–water partition coefficient (Wildman–Crippen LogP) is 2.07. The van der Waals surface area contributed by atoms with Crippen molar-refractivity contribution in [1.82, 2.24) is 20.5 Å². The summed E-state index contributed by atoms with van der Waals surface area (Å²) in [6, 6.07) is 10.7. The van der Waals surface area contributed by atoms with Crippen molar-refractivity contribution in [3.05, 3.63) is 60.2 Å². The molecule has 0 spiro atoms. The van der Waals surface area contributed by atoms with Crippen LogP contribution >= 0.6 is 0 Å². The number of methoxy groups -OCH3 is 1. The van der Waals surface area contributed by atoms with E-state index in [1.165, 1.54) is 6.20 Å². The molecule has 7 nitrogen and oxygen atoms in total. The van der Waals surface area contributed by atoms with Gasteiger partial charge in [0.2, 0.25) is 11.8 Å². The van der Waals surface area contributed by atoms with Gasteiger partial charge in [0.05, 0.1) is 19.2 Å². The molecule has 0 fully saturated rings. The van der Waals surface area contributed by atoms with E-state index in [4.69, 9.17) is 9.15 Å². The second kappa shape index (κ2) is 6.69. The van der Waals surface area contributed by atoms with Gasteiger partial charge in [-0.15, -0.1) is 10.2 Å². The van der Waals surface area contributed by atoms with Crippen molar-refractivity contribution in [1.29, 1.82) is 0 Å². The molecular weight excluding hydrogens is 296 g/mol. The van der Waals surface area contributed by atoms with Crippen LogP contribution in [-0.4, -0.2) is 28.2 Å². The summed E-state index contributed by atoms with van der Waals surface area (Å²) >= 11 is 0. The molecular formula is C16H14N4O3. The molecule has 2 heterocycles. The Kier molecular flexibility index (Phi) is 4.28. The van der Waals surface area contributed by atoms with E-state index in [-0.39, 0.29) is 12.5 Å². The van der Waals surface area contributed by atoms with Crippen molar-refractivity contribution < 1.29 is 13.9 Å². The van der Waals surface area contributed by atoms with Gasteiger partial charge in [0.15, 0.2) is 0 Å². The van der Waals surface area contributed by atoms with E-state index in [1.807, 2.05) is 18.2 Å². The largest absolute Gasteiger partial charge is 0.497 e. The van der Waals surface area contributed by atoms with Crippen LogP contribution in [0.5, 0.6) is 5.75 Å². The zero-order chi connectivity index (χ0) is 16.1. The fraction of sp³-hybridized carbons (Fsp3) is 0.125. The first-order valence-corrected chi connectivity index (χ1v) is 6.91. The highest BCUT2D eigenvalue weighted by Crippen LogP contribution is 2.22. The number of ether oxygens (including phenoxy) is 1. The molecule has 0 aliphatic rings. The van der Waals surface area contributed by atoms with Crippen LogP contribution < -0.4 is 10.1 Å². The lowest BCUT2D eigenvalue weighted by molar-refractivity contribution is 0.0947. The zero-order valence-electron chi connectivity index (χ0n) is 12.4. The van der Waals surface area contributed by atoms with Crippen LogP contribution in [0.15, 0.2) is 53.2 Å². The molecule has 0 aliphatic heterocycles. The Balaban J connectivity index is 1.66. The maximum atomic E-state index is 11.9. The van der Waals surface area contributed by atoms with E-state index >= 15 is 0 Å². The second-order valence-electron chi connectivity index (χ2n) is 4.66. The maximum absolute atomic E-state index is 11.9. The first-order chi connectivity index (χ1) is 11.3. The third-order valence-electron chi connectivity index (χ3n) is 3.11.